The molecule has 0 spiro atoms. The quantitative estimate of drug-likeness (QED) is 0.330. The molecule has 2 rings (SSSR count). The summed E-state index contributed by atoms with van der Waals surface area (Å²) in [5, 5.41) is 6.69. The fourth-order valence-electron chi connectivity index (χ4n) is 2.65. The second-order valence-corrected chi connectivity index (χ2v) is 6.61. The van der Waals surface area contributed by atoms with Crippen LogP contribution in [0, 0.1) is 6.92 Å². The van der Waals surface area contributed by atoms with Crippen LogP contribution in [0.15, 0.2) is 22.0 Å². The molecule has 0 saturated carbocycles. The standard InChI is InChI=1S/C16H26N4S.HI/c1-13-19-15(12-21-13)11-20(3)16(17-2)18-10-9-14-7-5-4-6-8-14;/h7,12H,4-6,8-11H2,1-3H3,(H,17,18);1H. The van der Waals surface area contributed by atoms with E-state index >= 15 is 0 Å². The van der Waals surface area contributed by atoms with Gasteiger partial charge < -0.3 is 10.2 Å². The molecule has 0 unspecified atom stereocenters. The Kier molecular flexibility index (Phi) is 9.00. The number of allylic oxidation sites excluding steroid dienone is 1. The summed E-state index contributed by atoms with van der Waals surface area (Å²) in [6.07, 6.45) is 8.78. The topological polar surface area (TPSA) is 40.5 Å². The van der Waals surface area contributed by atoms with Crippen LogP contribution in [0.3, 0.4) is 0 Å². The van der Waals surface area contributed by atoms with Gasteiger partial charge in [-0.2, -0.15) is 0 Å². The highest BCUT2D eigenvalue weighted by Crippen LogP contribution is 2.19. The summed E-state index contributed by atoms with van der Waals surface area (Å²) < 4.78 is 0. The number of hydrogen-bond acceptors (Lipinski definition) is 3. The van der Waals surface area contributed by atoms with Crippen LogP contribution in [0.5, 0.6) is 0 Å². The Morgan fingerprint density at radius 1 is 1.45 bits per heavy atom. The van der Waals surface area contributed by atoms with Gasteiger partial charge >= 0.3 is 0 Å². The normalized spacial score (nSPS) is 15.0. The minimum atomic E-state index is 0. The first-order valence-electron chi connectivity index (χ1n) is 7.69. The molecule has 0 fully saturated rings. The van der Waals surface area contributed by atoms with E-state index in [1.165, 1.54) is 25.7 Å². The van der Waals surface area contributed by atoms with Crippen molar-refractivity contribution in [3.8, 4) is 0 Å². The third-order valence-electron chi connectivity index (χ3n) is 3.75. The maximum absolute atomic E-state index is 4.51. The molecule has 0 aromatic carbocycles. The van der Waals surface area contributed by atoms with Crippen molar-refractivity contribution >= 4 is 41.3 Å². The van der Waals surface area contributed by atoms with Crippen molar-refractivity contribution in [2.75, 3.05) is 20.6 Å². The fraction of sp³-hybridized carbons (Fsp3) is 0.625. The number of rotatable bonds is 5. The predicted molar refractivity (Wildman–Crippen MR) is 106 cm³/mol. The SMILES string of the molecule is CN=C(NCCC1=CCCCC1)N(C)Cc1csc(C)n1.I. The number of nitrogens with zero attached hydrogens (tertiary/aromatic N) is 3. The second-order valence-electron chi connectivity index (χ2n) is 5.55. The molecule has 1 aromatic rings. The van der Waals surface area contributed by atoms with Crippen molar-refractivity contribution in [1.29, 1.82) is 0 Å². The first-order chi connectivity index (χ1) is 10.2. The molecule has 0 amide bonds. The van der Waals surface area contributed by atoms with Crippen LogP contribution < -0.4 is 5.32 Å². The molecule has 0 aliphatic heterocycles. The van der Waals surface area contributed by atoms with Crippen LogP contribution in [0.2, 0.25) is 0 Å². The highest BCUT2D eigenvalue weighted by Gasteiger charge is 2.09. The number of aromatic nitrogens is 1. The smallest absolute Gasteiger partial charge is 0.193 e. The molecule has 0 bridgehead atoms. The number of hydrogen-bond donors (Lipinski definition) is 1. The molecule has 4 nitrogen and oxygen atoms in total. The van der Waals surface area contributed by atoms with Crippen LogP contribution in [0.25, 0.3) is 0 Å². The van der Waals surface area contributed by atoms with E-state index in [0.29, 0.717) is 0 Å². The van der Waals surface area contributed by atoms with E-state index in [9.17, 15) is 0 Å². The first kappa shape index (κ1) is 19.4. The summed E-state index contributed by atoms with van der Waals surface area (Å²) in [5.41, 5.74) is 2.71. The van der Waals surface area contributed by atoms with Crippen LogP contribution in [-0.4, -0.2) is 36.5 Å². The van der Waals surface area contributed by atoms with Crippen molar-refractivity contribution in [2.24, 2.45) is 4.99 Å². The van der Waals surface area contributed by atoms with E-state index < -0.39 is 0 Å². The van der Waals surface area contributed by atoms with E-state index in [1.807, 2.05) is 14.0 Å². The summed E-state index contributed by atoms with van der Waals surface area (Å²) >= 11 is 1.70. The Balaban J connectivity index is 0.00000242. The van der Waals surface area contributed by atoms with Crippen molar-refractivity contribution in [3.63, 3.8) is 0 Å². The lowest BCUT2D eigenvalue weighted by atomic mass is 9.97. The average molecular weight is 434 g/mol. The second kappa shape index (κ2) is 10.2. The highest BCUT2D eigenvalue weighted by atomic mass is 127. The third-order valence-corrected chi connectivity index (χ3v) is 4.58. The van der Waals surface area contributed by atoms with Gasteiger partial charge in [-0.3, -0.25) is 4.99 Å². The summed E-state index contributed by atoms with van der Waals surface area (Å²) in [7, 11) is 3.90. The van der Waals surface area contributed by atoms with Gasteiger partial charge in [0.1, 0.15) is 0 Å². The van der Waals surface area contributed by atoms with Crippen LogP contribution in [0.1, 0.15) is 42.8 Å². The third kappa shape index (κ3) is 6.24. The molecule has 0 saturated heterocycles. The van der Waals surface area contributed by atoms with Crippen molar-refractivity contribution in [1.82, 2.24) is 15.2 Å². The largest absolute Gasteiger partial charge is 0.356 e. The van der Waals surface area contributed by atoms with Crippen molar-refractivity contribution in [2.45, 2.75) is 45.6 Å². The van der Waals surface area contributed by atoms with Crippen molar-refractivity contribution < 1.29 is 0 Å². The number of guanidine groups is 1. The minimum absolute atomic E-state index is 0. The Morgan fingerprint density at radius 2 is 2.27 bits per heavy atom. The molecule has 6 heteroatoms. The lowest BCUT2D eigenvalue weighted by Gasteiger charge is -2.22. The molecule has 1 aliphatic rings. The summed E-state index contributed by atoms with van der Waals surface area (Å²) in [6.45, 7) is 3.80. The molecular formula is C16H27IN4S. The fourth-order valence-corrected chi connectivity index (χ4v) is 3.25. The zero-order valence-electron chi connectivity index (χ0n) is 13.8. The monoisotopic (exact) mass is 434 g/mol. The predicted octanol–water partition coefficient (Wildman–Crippen LogP) is 3.97. The molecule has 0 radical (unpaired) electrons. The maximum atomic E-state index is 4.51. The average Bonchev–Trinajstić information content (AvgIpc) is 2.89. The van der Waals surface area contributed by atoms with Gasteiger partial charge in [0.25, 0.3) is 0 Å². The highest BCUT2D eigenvalue weighted by molar-refractivity contribution is 14.0. The molecular weight excluding hydrogens is 407 g/mol. The molecule has 22 heavy (non-hydrogen) atoms. The zero-order chi connectivity index (χ0) is 15.1. The van der Waals surface area contributed by atoms with Gasteiger partial charge in [-0.25, -0.2) is 4.98 Å². The number of thiazole rings is 1. The van der Waals surface area contributed by atoms with Gasteiger partial charge in [0.2, 0.25) is 0 Å². The van der Waals surface area contributed by atoms with Crippen LogP contribution in [0.4, 0.5) is 0 Å². The molecule has 1 N–H and O–H groups in total. The molecule has 1 heterocycles. The minimum Gasteiger partial charge on any atom is -0.356 e. The van der Waals surface area contributed by atoms with Gasteiger partial charge in [0.15, 0.2) is 5.96 Å². The van der Waals surface area contributed by atoms with E-state index in [4.69, 9.17) is 0 Å². The molecule has 1 aromatic heterocycles. The summed E-state index contributed by atoms with van der Waals surface area (Å²) in [6, 6.07) is 0. The molecule has 124 valence electrons. The lowest BCUT2D eigenvalue weighted by Crippen LogP contribution is -2.39. The van der Waals surface area contributed by atoms with Crippen LogP contribution >= 0.6 is 35.3 Å². The summed E-state index contributed by atoms with van der Waals surface area (Å²) in [4.78, 5) is 11.0. The Labute approximate surface area is 155 Å². The van der Waals surface area contributed by atoms with E-state index in [2.05, 4.69) is 38.7 Å². The Morgan fingerprint density at radius 3 is 2.86 bits per heavy atom. The number of nitrogens with one attached hydrogen (secondary N) is 1. The zero-order valence-corrected chi connectivity index (χ0v) is 16.9. The maximum Gasteiger partial charge on any atom is 0.193 e. The number of halogens is 1. The van der Waals surface area contributed by atoms with Gasteiger partial charge in [-0.15, -0.1) is 35.3 Å². The molecule has 0 atom stereocenters. The lowest BCUT2D eigenvalue weighted by molar-refractivity contribution is 0.470. The van der Waals surface area contributed by atoms with Crippen LogP contribution in [-0.2, 0) is 6.54 Å². The van der Waals surface area contributed by atoms with E-state index in [-0.39, 0.29) is 24.0 Å². The van der Waals surface area contributed by atoms with E-state index in [1.54, 1.807) is 16.9 Å². The van der Waals surface area contributed by atoms with Gasteiger partial charge in [-0.1, -0.05) is 11.6 Å². The number of aliphatic imine (C=N–C) groups is 1. The molecule has 1 aliphatic carbocycles. The van der Waals surface area contributed by atoms with Crippen molar-refractivity contribution in [3.05, 3.63) is 27.7 Å². The first-order valence-corrected chi connectivity index (χ1v) is 8.57. The Hall–Kier alpha value is -0.630. The summed E-state index contributed by atoms with van der Waals surface area (Å²) in [5.74, 6) is 0.942. The Bertz CT molecular complexity index is 510. The van der Waals surface area contributed by atoms with Gasteiger partial charge in [-0.05, 0) is 39.0 Å². The van der Waals surface area contributed by atoms with E-state index in [0.717, 1.165) is 36.2 Å². The van der Waals surface area contributed by atoms with Gasteiger partial charge in [0.05, 0.1) is 17.2 Å². The van der Waals surface area contributed by atoms with Gasteiger partial charge in [0, 0.05) is 26.0 Å². The number of aryl methyl sites for hydroxylation is 1.